The van der Waals surface area contributed by atoms with Crippen LogP contribution in [-0.2, 0) is 17.1 Å². The van der Waals surface area contributed by atoms with Gasteiger partial charge in [-0.3, -0.25) is 4.68 Å². The topological polar surface area (TPSA) is 76.0 Å². The number of hydrogen-bond donors (Lipinski definition) is 2. The van der Waals surface area contributed by atoms with Gasteiger partial charge < -0.3 is 5.32 Å². The van der Waals surface area contributed by atoms with Crippen molar-refractivity contribution in [3.8, 4) is 0 Å². The third kappa shape index (κ3) is 2.75. The Morgan fingerprint density at radius 1 is 1.40 bits per heavy atom. The molecule has 6 nitrogen and oxygen atoms in total. The number of nitrogens with one attached hydrogen (secondary N) is 2. The lowest BCUT2D eigenvalue weighted by Crippen LogP contribution is -2.54. The first kappa shape index (κ1) is 15.5. The number of sulfonamides is 1. The van der Waals surface area contributed by atoms with E-state index < -0.39 is 10.0 Å². The Hall–Kier alpha value is -0.920. The lowest BCUT2D eigenvalue weighted by molar-refractivity contribution is 0.206. The first-order chi connectivity index (χ1) is 9.15. The molecule has 7 heteroatoms. The highest BCUT2D eigenvalue weighted by Gasteiger charge is 2.36. The molecule has 2 heterocycles. The van der Waals surface area contributed by atoms with Crippen molar-refractivity contribution in [2.24, 2.45) is 12.5 Å². The largest absolute Gasteiger partial charge is 0.316 e. The van der Waals surface area contributed by atoms with Crippen molar-refractivity contribution in [3.05, 3.63) is 11.4 Å². The van der Waals surface area contributed by atoms with Crippen LogP contribution in [0.2, 0.25) is 0 Å². The van der Waals surface area contributed by atoms with Crippen LogP contribution < -0.4 is 10.0 Å². The molecule has 20 heavy (non-hydrogen) atoms. The van der Waals surface area contributed by atoms with Crippen molar-refractivity contribution in [2.75, 3.05) is 13.1 Å². The van der Waals surface area contributed by atoms with Crippen molar-refractivity contribution in [1.82, 2.24) is 19.8 Å². The first-order valence-corrected chi connectivity index (χ1v) is 8.37. The number of aromatic nitrogens is 2. The molecule has 1 aromatic heterocycles. The van der Waals surface area contributed by atoms with Gasteiger partial charge in [0.1, 0.15) is 4.90 Å². The smallest absolute Gasteiger partial charge is 0.244 e. The fraction of sp³-hybridized carbons (Fsp3) is 0.769. The molecule has 1 aliphatic rings. The molecular weight excluding hydrogens is 276 g/mol. The SMILES string of the molecule is Cc1nn(C)c(C)c1S(=O)(=O)NC1CCNCC1(C)C. The summed E-state index contributed by atoms with van der Waals surface area (Å²) in [7, 11) is -1.77. The van der Waals surface area contributed by atoms with Crippen molar-refractivity contribution in [1.29, 1.82) is 0 Å². The summed E-state index contributed by atoms with van der Waals surface area (Å²) in [4.78, 5) is 0.314. The molecule has 1 atom stereocenters. The second-order valence-corrected chi connectivity index (χ2v) is 7.90. The number of nitrogens with zero attached hydrogens (tertiary/aromatic N) is 2. The third-order valence-corrected chi connectivity index (χ3v) is 5.87. The fourth-order valence-corrected chi connectivity index (χ4v) is 4.66. The zero-order valence-electron chi connectivity index (χ0n) is 12.8. The Morgan fingerprint density at radius 2 is 2.05 bits per heavy atom. The van der Waals surface area contributed by atoms with Gasteiger partial charge in [0.25, 0.3) is 0 Å². The second kappa shape index (κ2) is 5.13. The normalized spacial score (nSPS) is 22.9. The van der Waals surface area contributed by atoms with Crippen LogP contribution in [0.15, 0.2) is 4.90 Å². The summed E-state index contributed by atoms with van der Waals surface area (Å²) in [6.07, 6.45) is 0.796. The summed E-state index contributed by atoms with van der Waals surface area (Å²) in [5, 5.41) is 7.50. The highest BCUT2D eigenvalue weighted by Crippen LogP contribution is 2.27. The maximum absolute atomic E-state index is 12.7. The van der Waals surface area contributed by atoms with Gasteiger partial charge in [0.05, 0.1) is 11.4 Å². The van der Waals surface area contributed by atoms with E-state index in [9.17, 15) is 8.42 Å². The zero-order valence-corrected chi connectivity index (χ0v) is 13.6. The maximum Gasteiger partial charge on any atom is 0.244 e. The molecule has 2 N–H and O–H groups in total. The monoisotopic (exact) mass is 300 g/mol. The van der Waals surface area contributed by atoms with E-state index in [-0.39, 0.29) is 11.5 Å². The Bertz CT molecular complexity index is 604. The average Bonchev–Trinajstić information content (AvgIpc) is 2.56. The predicted molar refractivity (Wildman–Crippen MR) is 78.1 cm³/mol. The Kier molecular flexibility index (Phi) is 3.96. The molecule has 0 saturated carbocycles. The van der Waals surface area contributed by atoms with Gasteiger partial charge in [-0.1, -0.05) is 13.8 Å². The van der Waals surface area contributed by atoms with Gasteiger partial charge in [-0.15, -0.1) is 0 Å². The van der Waals surface area contributed by atoms with Crippen LogP contribution >= 0.6 is 0 Å². The lowest BCUT2D eigenvalue weighted by Gasteiger charge is -2.39. The average molecular weight is 300 g/mol. The number of aryl methyl sites for hydroxylation is 2. The van der Waals surface area contributed by atoms with Gasteiger partial charge in [-0.25, -0.2) is 13.1 Å². The maximum atomic E-state index is 12.7. The minimum Gasteiger partial charge on any atom is -0.316 e. The van der Waals surface area contributed by atoms with E-state index in [2.05, 4.69) is 29.0 Å². The van der Waals surface area contributed by atoms with Crippen LogP contribution in [0.5, 0.6) is 0 Å². The molecule has 1 unspecified atom stereocenters. The molecule has 1 aliphatic heterocycles. The second-order valence-electron chi connectivity index (χ2n) is 6.25. The Labute approximate surface area is 121 Å². The van der Waals surface area contributed by atoms with E-state index in [1.807, 2.05) is 0 Å². The van der Waals surface area contributed by atoms with Crippen LogP contribution in [0, 0.1) is 19.3 Å². The van der Waals surface area contributed by atoms with E-state index in [0.717, 1.165) is 19.5 Å². The molecule has 1 aromatic rings. The molecule has 0 aromatic carbocycles. The van der Waals surface area contributed by atoms with Crippen molar-refractivity contribution < 1.29 is 8.42 Å². The minimum absolute atomic E-state index is 0.0623. The molecule has 0 aliphatic carbocycles. The number of rotatable bonds is 3. The molecule has 0 bridgehead atoms. The Balaban J connectivity index is 2.32. The number of hydrogen-bond acceptors (Lipinski definition) is 4. The van der Waals surface area contributed by atoms with Gasteiger partial charge in [0, 0.05) is 19.6 Å². The van der Waals surface area contributed by atoms with E-state index in [0.29, 0.717) is 16.3 Å². The predicted octanol–water partition coefficient (Wildman–Crippen LogP) is 0.703. The molecule has 1 saturated heterocycles. The Morgan fingerprint density at radius 3 is 2.55 bits per heavy atom. The van der Waals surface area contributed by atoms with Gasteiger partial charge in [-0.05, 0) is 32.2 Å². The summed E-state index contributed by atoms with van der Waals surface area (Å²) in [6, 6.07) is -0.0623. The summed E-state index contributed by atoms with van der Waals surface area (Å²) in [5.74, 6) is 0. The van der Waals surface area contributed by atoms with Crippen molar-refractivity contribution >= 4 is 10.0 Å². The zero-order chi connectivity index (χ0) is 15.1. The molecule has 0 amide bonds. The van der Waals surface area contributed by atoms with Gasteiger partial charge in [0.15, 0.2) is 0 Å². The van der Waals surface area contributed by atoms with Crippen LogP contribution in [0.3, 0.4) is 0 Å². The van der Waals surface area contributed by atoms with Crippen LogP contribution in [0.25, 0.3) is 0 Å². The molecular formula is C13H24N4O2S. The van der Waals surface area contributed by atoms with Gasteiger partial charge in [-0.2, -0.15) is 5.10 Å². The van der Waals surface area contributed by atoms with Gasteiger partial charge in [0.2, 0.25) is 10.0 Å². The first-order valence-electron chi connectivity index (χ1n) is 6.88. The standard InChI is InChI=1S/C13H24N4O2S/c1-9-12(10(2)17(5)15-9)20(18,19)16-11-6-7-14-8-13(11,3)4/h11,14,16H,6-8H2,1-5H3. The molecule has 1 fully saturated rings. The van der Waals surface area contributed by atoms with Crippen molar-refractivity contribution in [2.45, 2.75) is 45.1 Å². The summed E-state index contributed by atoms with van der Waals surface area (Å²) < 4.78 is 29.8. The van der Waals surface area contributed by atoms with Crippen molar-refractivity contribution in [3.63, 3.8) is 0 Å². The number of piperidine rings is 1. The van der Waals surface area contributed by atoms with E-state index >= 15 is 0 Å². The molecule has 114 valence electrons. The third-order valence-electron chi connectivity index (χ3n) is 4.14. The quantitative estimate of drug-likeness (QED) is 0.862. The fourth-order valence-electron chi connectivity index (χ4n) is 2.78. The lowest BCUT2D eigenvalue weighted by atomic mass is 9.81. The van der Waals surface area contributed by atoms with E-state index in [4.69, 9.17) is 0 Å². The van der Waals surface area contributed by atoms with E-state index in [1.54, 1.807) is 25.6 Å². The van der Waals surface area contributed by atoms with Crippen LogP contribution in [-0.4, -0.2) is 37.3 Å². The van der Waals surface area contributed by atoms with Crippen LogP contribution in [0.4, 0.5) is 0 Å². The highest BCUT2D eigenvalue weighted by molar-refractivity contribution is 7.89. The van der Waals surface area contributed by atoms with Gasteiger partial charge >= 0.3 is 0 Å². The minimum atomic E-state index is -3.53. The van der Waals surface area contributed by atoms with E-state index in [1.165, 1.54) is 0 Å². The summed E-state index contributed by atoms with van der Waals surface area (Å²) >= 11 is 0. The molecule has 0 radical (unpaired) electrons. The highest BCUT2D eigenvalue weighted by atomic mass is 32.2. The van der Waals surface area contributed by atoms with Crippen LogP contribution in [0.1, 0.15) is 31.7 Å². The summed E-state index contributed by atoms with van der Waals surface area (Å²) in [6.45, 7) is 9.31. The summed E-state index contributed by atoms with van der Waals surface area (Å²) in [5.41, 5.74) is 1.11. The molecule has 0 spiro atoms. The molecule has 2 rings (SSSR count).